The molecule has 1 aromatic carbocycles. The second-order valence-electron chi connectivity index (χ2n) is 9.85. The van der Waals surface area contributed by atoms with E-state index < -0.39 is 11.7 Å². The van der Waals surface area contributed by atoms with E-state index in [9.17, 15) is 9.59 Å². The molecule has 0 saturated heterocycles. The topological polar surface area (TPSA) is 64.0 Å². The number of amides is 1. The number of benzene rings is 1. The van der Waals surface area contributed by atoms with E-state index in [1.807, 2.05) is 34.9 Å². The average molecular weight is 452 g/mol. The lowest BCUT2D eigenvalue weighted by Crippen LogP contribution is -2.42. The molecule has 2 heterocycles. The molecule has 1 saturated carbocycles. The van der Waals surface area contributed by atoms with Crippen molar-refractivity contribution in [1.82, 2.24) is 14.9 Å². The summed E-state index contributed by atoms with van der Waals surface area (Å²) in [5, 5.41) is 4.31. The monoisotopic (exact) mass is 451 g/mol. The van der Waals surface area contributed by atoms with Gasteiger partial charge in [0.25, 0.3) is 11.7 Å². The number of carbonyl (C=O) groups excluding carboxylic acids is 2. The number of pyridine rings is 1. The maximum absolute atomic E-state index is 13.1. The first-order valence-corrected chi connectivity index (χ1v) is 11.6. The number of hydrogen-bond donors (Lipinski definition) is 1. The van der Waals surface area contributed by atoms with Gasteiger partial charge in [0.15, 0.2) is 0 Å². The molecule has 168 valence electrons. The van der Waals surface area contributed by atoms with Gasteiger partial charge in [-0.25, -0.2) is 4.98 Å². The molecule has 0 atom stereocenters. The minimum atomic E-state index is -0.537. The van der Waals surface area contributed by atoms with Crippen LogP contribution in [0.25, 0.3) is 11.0 Å². The summed E-state index contributed by atoms with van der Waals surface area (Å²) in [5.74, 6) is -0.399. The third kappa shape index (κ3) is 4.73. The summed E-state index contributed by atoms with van der Waals surface area (Å²) < 4.78 is 1.88. The van der Waals surface area contributed by atoms with Gasteiger partial charge in [-0.15, -0.1) is 0 Å². The first kappa shape index (κ1) is 22.5. The Morgan fingerprint density at radius 1 is 1.09 bits per heavy atom. The van der Waals surface area contributed by atoms with Gasteiger partial charge in [-0.3, -0.25) is 9.59 Å². The molecule has 3 aromatic rings. The van der Waals surface area contributed by atoms with E-state index in [4.69, 9.17) is 11.6 Å². The molecular formula is C26H30ClN3O2. The number of halogens is 1. The highest BCUT2D eigenvalue weighted by molar-refractivity contribution is 6.45. The SMILES string of the molecule is CC(C)(C)C1CCC(NC(=O)C(=O)c2cn(Cc3ccccc3Cl)c3ncccc23)CC1. The highest BCUT2D eigenvalue weighted by Crippen LogP contribution is 2.37. The number of nitrogens with zero attached hydrogens (tertiary/aromatic N) is 2. The standard InChI is InChI=1S/C26H30ClN3O2/c1-26(2,3)18-10-12-19(13-11-18)29-25(32)23(31)21-16-30(24-20(21)8-6-14-28-24)15-17-7-4-5-9-22(17)27/h4-9,14,16,18-19H,10-13,15H2,1-3H3,(H,29,32). The highest BCUT2D eigenvalue weighted by Gasteiger charge is 2.31. The van der Waals surface area contributed by atoms with Gasteiger partial charge in [0.05, 0.1) is 12.1 Å². The Labute approximate surface area is 194 Å². The molecule has 1 aliphatic rings. The molecule has 1 amide bonds. The third-order valence-corrected chi connectivity index (χ3v) is 7.04. The quantitative estimate of drug-likeness (QED) is 0.403. The Bertz CT molecular complexity index is 1140. The Morgan fingerprint density at radius 2 is 1.81 bits per heavy atom. The van der Waals surface area contributed by atoms with Gasteiger partial charge in [0, 0.05) is 28.8 Å². The molecule has 32 heavy (non-hydrogen) atoms. The number of ketones is 1. The van der Waals surface area contributed by atoms with Gasteiger partial charge in [-0.1, -0.05) is 50.6 Å². The van der Waals surface area contributed by atoms with Gasteiger partial charge in [0.1, 0.15) is 5.65 Å². The zero-order chi connectivity index (χ0) is 22.9. The molecule has 4 rings (SSSR count). The summed E-state index contributed by atoms with van der Waals surface area (Å²) in [4.78, 5) is 30.4. The molecule has 0 radical (unpaired) electrons. The van der Waals surface area contributed by atoms with Crippen LogP contribution in [-0.4, -0.2) is 27.3 Å². The zero-order valence-electron chi connectivity index (χ0n) is 18.9. The minimum Gasteiger partial charge on any atom is -0.346 e. The van der Waals surface area contributed by atoms with Gasteiger partial charge >= 0.3 is 0 Å². The fourth-order valence-corrected chi connectivity index (χ4v) is 4.91. The van der Waals surface area contributed by atoms with Crippen molar-refractivity contribution in [2.45, 2.75) is 59.0 Å². The van der Waals surface area contributed by atoms with Crippen molar-refractivity contribution >= 4 is 34.3 Å². The van der Waals surface area contributed by atoms with Crippen LogP contribution in [0.1, 0.15) is 62.4 Å². The van der Waals surface area contributed by atoms with Gasteiger partial charge in [-0.05, 0) is 60.8 Å². The Kier molecular flexibility index (Phi) is 6.38. The molecular weight excluding hydrogens is 422 g/mol. The van der Waals surface area contributed by atoms with E-state index >= 15 is 0 Å². The number of nitrogens with one attached hydrogen (secondary N) is 1. The molecule has 1 fully saturated rings. The van der Waals surface area contributed by atoms with Crippen LogP contribution >= 0.6 is 11.6 Å². The molecule has 1 aliphatic carbocycles. The van der Waals surface area contributed by atoms with Crippen molar-refractivity contribution in [3.05, 3.63) is 64.9 Å². The van der Waals surface area contributed by atoms with E-state index in [-0.39, 0.29) is 11.5 Å². The molecule has 0 bridgehead atoms. The van der Waals surface area contributed by atoms with Crippen LogP contribution in [0.2, 0.25) is 5.02 Å². The predicted molar refractivity (Wildman–Crippen MR) is 128 cm³/mol. The van der Waals surface area contributed by atoms with Gasteiger partial charge in [0.2, 0.25) is 0 Å². The van der Waals surface area contributed by atoms with Crippen molar-refractivity contribution in [3.8, 4) is 0 Å². The largest absolute Gasteiger partial charge is 0.346 e. The first-order chi connectivity index (χ1) is 15.2. The summed E-state index contributed by atoms with van der Waals surface area (Å²) in [6.45, 7) is 7.28. The van der Waals surface area contributed by atoms with Crippen LogP contribution < -0.4 is 5.32 Å². The van der Waals surface area contributed by atoms with Gasteiger partial charge < -0.3 is 9.88 Å². The molecule has 0 unspecified atom stereocenters. The van der Waals surface area contributed by atoms with Crippen LogP contribution in [0.3, 0.4) is 0 Å². The normalized spacial score (nSPS) is 19.1. The number of carbonyl (C=O) groups is 2. The third-order valence-electron chi connectivity index (χ3n) is 6.67. The number of rotatable bonds is 5. The molecule has 1 N–H and O–H groups in total. The van der Waals surface area contributed by atoms with Crippen molar-refractivity contribution in [3.63, 3.8) is 0 Å². The van der Waals surface area contributed by atoms with Gasteiger partial charge in [-0.2, -0.15) is 0 Å². The number of fused-ring (bicyclic) bond motifs is 1. The summed E-state index contributed by atoms with van der Waals surface area (Å²) >= 11 is 6.33. The van der Waals surface area contributed by atoms with E-state index in [2.05, 4.69) is 31.1 Å². The van der Waals surface area contributed by atoms with Crippen LogP contribution in [0.5, 0.6) is 0 Å². The van der Waals surface area contributed by atoms with Crippen molar-refractivity contribution in [1.29, 1.82) is 0 Å². The van der Waals surface area contributed by atoms with Crippen molar-refractivity contribution in [2.24, 2.45) is 11.3 Å². The zero-order valence-corrected chi connectivity index (χ0v) is 19.7. The first-order valence-electron chi connectivity index (χ1n) is 11.3. The second-order valence-corrected chi connectivity index (χ2v) is 10.3. The highest BCUT2D eigenvalue weighted by atomic mass is 35.5. The summed E-state index contributed by atoms with van der Waals surface area (Å²) in [5.41, 5.74) is 2.24. The number of hydrogen-bond acceptors (Lipinski definition) is 3. The molecule has 0 spiro atoms. The average Bonchev–Trinajstić information content (AvgIpc) is 3.13. The molecule has 5 nitrogen and oxygen atoms in total. The van der Waals surface area contributed by atoms with Crippen LogP contribution in [0.15, 0.2) is 48.8 Å². The summed E-state index contributed by atoms with van der Waals surface area (Å²) in [7, 11) is 0. The molecule has 6 heteroatoms. The maximum Gasteiger partial charge on any atom is 0.292 e. The second kappa shape index (κ2) is 9.07. The van der Waals surface area contributed by atoms with Crippen LogP contribution in [0.4, 0.5) is 0 Å². The van der Waals surface area contributed by atoms with Crippen molar-refractivity contribution in [2.75, 3.05) is 0 Å². The molecule has 0 aliphatic heterocycles. The maximum atomic E-state index is 13.1. The van der Waals surface area contributed by atoms with E-state index in [1.54, 1.807) is 18.5 Å². The molecule has 2 aromatic heterocycles. The number of aromatic nitrogens is 2. The van der Waals surface area contributed by atoms with Crippen molar-refractivity contribution < 1.29 is 9.59 Å². The van der Waals surface area contributed by atoms with Crippen LogP contribution in [0, 0.1) is 11.3 Å². The lowest BCUT2D eigenvalue weighted by molar-refractivity contribution is -0.118. The smallest absolute Gasteiger partial charge is 0.292 e. The Hall–Kier alpha value is -2.66. The van der Waals surface area contributed by atoms with E-state index in [0.29, 0.717) is 34.1 Å². The minimum absolute atomic E-state index is 0.0552. The predicted octanol–water partition coefficient (Wildman–Crippen LogP) is 5.64. The fourth-order valence-electron chi connectivity index (χ4n) is 4.71. The van der Waals surface area contributed by atoms with Crippen LogP contribution in [-0.2, 0) is 11.3 Å². The van der Waals surface area contributed by atoms with E-state index in [1.165, 1.54) is 0 Å². The Balaban J connectivity index is 1.51. The summed E-state index contributed by atoms with van der Waals surface area (Å²) in [6.07, 6.45) is 7.38. The lowest BCUT2D eigenvalue weighted by Gasteiger charge is -2.37. The number of Topliss-reactive ketones (excluding diaryl/α,β-unsaturated/α-hetero) is 1. The lowest BCUT2D eigenvalue weighted by atomic mass is 9.71. The summed E-state index contributed by atoms with van der Waals surface area (Å²) in [6, 6.07) is 11.3. The Morgan fingerprint density at radius 3 is 2.50 bits per heavy atom. The van der Waals surface area contributed by atoms with E-state index in [0.717, 1.165) is 31.2 Å². The fraction of sp³-hybridized carbons (Fsp3) is 0.423.